The van der Waals surface area contributed by atoms with Crippen LogP contribution >= 0.6 is 15.9 Å². The molecule has 1 aromatic rings. The van der Waals surface area contributed by atoms with E-state index in [-0.39, 0.29) is 18.7 Å². The summed E-state index contributed by atoms with van der Waals surface area (Å²) >= 11 is 3.39. The van der Waals surface area contributed by atoms with E-state index in [1.807, 2.05) is 0 Å². The van der Waals surface area contributed by atoms with Crippen LogP contribution < -0.4 is 15.8 Å². The quantitative estimate of drug-likeness (QED) is 0.820. The highest BCUT2D eigenvalue weighted by atomic mass is 79.9. The van der Waals surface area contributed by atoms with E-state index < -0.39 is 0 Å². The van der Waals surface area contributed by atoms with Crippen LogP contribution in [0.2, 0.25) is 0 Å². The van der Waals surface area contributed by atoms with Crippen molar-refractivity contribution in [2.24, 2.45) is 5.92 Å². The van der Waals surface area contributed by atoms with Crippen molar-refractivity contribution in [3.8, 4) is 0 Å². The van der Waals surface area contributed by atoms with Crippen molar-refractivity contribution in [2.45, 2.75) is 25.4 Å². The second-order valence-electron chi connectivity index (χ2n) is 5.46. The van der Waals surface area contributed by atoms with Gasteiger partial charge in [0.2, 0.25) is 0 Å². The molecule has 0 aromatic carbocycles. The van der Waals surface area contributed by atoms with Gasteiger partial charge < -0.3 is 15.3 Å². The molecule has 2 aliphatic heterocycles. The average molecular weight is 343 g/mol. The van der Waals surface area contributed by atoms with E-state index in [2.05, 4.69) is 31.2 Å². The lowest BCUT2D eigenvalue weighted by molar-refractivity contribution is 0.266. The number of aromatic nitrogens is 2. The highest BCUT2D eigenvalue weighted by molar-refractivity contribution is 9.10. The molecule has 0 aliphatic carbocycles. The predicted molar refractivity (Wildman–Crippen MR) is 80.0 cm³/mol. The van der Waals surface area contributed by atoms with Crippen LogP contribution in [-0.4, -0.2) is 47.2 Å². The number of hydrogen-bond acceptors (Lipinski definition) is 5. The zero-order valence-electron chi connectivity index (χ0n) is 11.3. The highest BCUT2D eigenvalue weighted by Gasteiger charge is 2.35. The Morgan fingerprint density at radius 3 is 3.10 bits per heavy atom. The average Bonchev–Trinajstić information content (AvgIpc) is 2.88. The van der Waals surface area contributed by atoms with Crippen molar-refractivity contribution < 1.29 is 5.11 Å². The summed E-state index contributed by atoms with van der Waals surface area (Å²) in [5, 5.41) is 16.6. The Balaban J connectivity index is 1.84. The van der Waals surface area contributed by atoms with Gasteiger partial charge in [0.15, 0.2) is 0 Å². The van der Waals surface area contributed by atoms with Crippen molar-refractivity contribution in [2.75, 3.05) is 31.1 Å². The van der Waals surface area contributed by atoms with Gasteiger partial charge in [0.25, 0.3) is 5.56 Å². The Morgan fingerprint density at radius 2 is 2.35 bits per heavy atom. The normalized spacial score (nSPS) is 25.8. The van der Waals surface area contributed by atoms with Crippen molar-refractivity contribution >= 4 is 21.6 Å². The third-order valence-electron chi connectivity index (χ3n) is 4.22. The molecule has 2 fully saturated rings. The van der Waals surface area contributed by atoms with E-state index in [0.29, 0.717) is 16.4 Å². The van der Waals surface area contributed by atoms with Gasteiger partial charge in [-0.15, -0.1) is 0 Å². The molecule has 2 atom stereocenters. The smallest absolute Gasteiger partial charge is 0.283 e. The summed E-state index contributed by atoms with van der Waals surface area (Å²) in [5.41, 5.74) is 0.680. The maximum atomic E-state index is 12.2. The Hall–Kier alpha value is -0.920. The Morgan fingerprint density at radius 1 is 1.50 bits per heavy atom. The molecule has 2 saturated heterocycles. The lowest BCUT2D eigenvalue weighted by Crippen LogP contribution is -2.40. The van der Waals surface area contributed by atoms with Crippen LogP contribution in [0.25, 0.3) is 0 Å². The molecular weight excluding hydrogens is 324 g/mol. The number of anilines is 1. The standard InChI is InChI=1S/C13H19BrN4O2/c14-12-11(6-16-18(4-5-19)13(12)20)17-7-9-2-1-3-15-10(9)8-17/h6,9-10,15,19H,1-5,7-8H2/t9-,10+/m0/s1. The number of halogens is 1. The molecule has 1 aromatic heterocycles. The molecule has 0 saturated carbocycles. The van der Waals surface area contributed by atoms with Crippen molar-refractivity contribution in [1.29, 1.82) is 0 Å². The SMILES string of the molecule is O=c1c(Br)c(N2C[C@@H]3CCCN[C@@H]3C2)cnn1CCO. The molecule has 7 heteroatoms. The van der Waals surface area contributed by atoms with Gasteiger partial charge in [-0.2, -0.15) is 5.10 Å². The summed E-state index contributed by atoms with van der Waals surface area (Å²) in [5.74, 6) is 0.663. The molecule has 3 rings (SSSR count). The predicted octanol–water partition coefficient (Wildman–Crippen LogP) is 0.186. The maximum Gasteiger partial charge on any atom is 0.283 e. The van der Waals surface area contributed by atoms with Crippen LogP contribution in [-0.2, 0) is 6.54 Å². The molecule has 20 heavy (non-hydrogen) atoms. The second-order valence-corrected chi connectivity index (χ2v) is 6.26. The summed E-state index contributed by atoms with van der Waals surface area (Å²) in [6, 6.07) is 0.524. The van der Waals surface area contributed by atoms with E-state index in [0.717, 1.165) is 25.3 Å². The Bertz CT molecular complexity index is 534. The van der Waals surface area contributed by atoms with Gasteiger partial charge in [0.1, 0.15) is 4.47 Å². The number of rotatable bonds is 3. The first-order chi connectivity index (χ1) is 9.70. The van der Waals surface area contributed by atoms with Gasteiger partial charge in [-0.1, -0.05) is 0 Å². The minimum Gasteiger partial charge on any atom is -0.394 e. The van der Waals surface area contributed by atoms with Crippen molar-refractivity contribution in [1.82, 2.24) is 15.1 Å². The summed E-state index contributed by atoms with van der Waals surface area (Å²) in [7, 11) is 0. The largest absolute Gasteiger partial charge is 0.394 e. The number of nitrogens with one attached hydrogen (secondary N) is 1. The Kier molecular flexibility index (Phi) is 4.09. The van der Waals surface area contributed by atoms with Crippen LogP contribution in [0.15, 0.2) is 15.5 Å². The summed E-state index contributed by atoms with van der Waals surface area (Å²) < 4.78 is 1.83. The van der Waals surface area contributed by atoms with Crippen LogP contribution in [0.4, 0.5) is 5.69 Å². The van der Waals surface area contributed by atoms with E-state index in [1.54, 1.807) is 6.20 Å². The fourth-order valence-corrected chi connectivity index (χ4v) is 3.73. The summed E-state index contributed by atoms with van der Waals surface area (Å²) in [6.07, 6.45) is 4.20. The lowest BCUT2D eigenvalue weighted by Gasteiger charge is -2.24. The van der Waals surface area contributed by atoms with Gasteiger partial charge in [-0.3, -0.25) is 4.79 Å². The van der Waals surface area contributed by atoms with Gasteiger partial charge in [-0.05, 0) is 41.2 Å². The summed E-state index contributed by atoms with van der Waals surface area (Å²) in [4.78, 5) is 14.4. The van der Waals surface area contributed by atoms with Gasteiger partial charge in [-0.25, -0.2) is 4.68 Å². The molecule has 0 unspecified atom stereocenters. The molecule has 2 aliphatic rings. The zero-order chi connectivity index (χ0) is 14.1. The highest BCUT2D eigenvalue weighted by Crippen LogP contribution is 2.31. The maximum absolute atomic E-state index is 12.2. The van der Waals surface area contributed by atoms with Crippen LogP contribution in [0.3, 0.4) is 0 Å². The minimum absolute atomic E-state index is 0.0868. The second kappa shape index (κ2) is 5.83. The van der Waals surface area contributed by atoms with E-state index in [1.165, 1.54) is 17.5 Å². The number of aliphatic hydroxyl groups excluding tert-OH is 1. The molecule has 0 spiro atoms. The van der Waals surface area contributed by atoms with Crippen LogP contribution in [0.5, 0.6) is 0 Å². The fourth-order valence-electron chi connectivity index (χ4n) is 3.17. The Labute approximate surface area is 125 Å². The fraction of sp³-hybridized carbons (Fsp3) is 0.692. The molecule has 0 bridgehead atoms. The topological polar surface area (TPSA) is 70.4 Å². The number of piperidine rings is 1. The molecule has 0 amide bonds. The lowest BCUT2D eigenvalue weighted by atomic mass is 9.94. The number of nitrogens with zero attached hydrogens (tertiary/aromatic N) is 3. The van der Waals surface area contributed by atoms with Gasteiger partial charge in [0, 0.05) is 19.1 Å². The van der Waals surface area contributed by atoms with Crippen molar-refractivity contribution in [3.05, 3.63) is 21.0 Å². The minimum atomic E-state index is -0.181. The third-order valence-corrected chi connectivity index (χ3v) is 4.96. The first-order valence-electron chi connectivity index (χ1n) is 7.05. The number of hydrogen-bond donors (Lipinski definition) is 2. The van der Waals surface area contributed by atoms with E-state index in [4.69, 9.17) is 5.11 Å². The van der Waals surface area contributed by atoms with Gasteiger partial charge >= 0.3 is 0 Å². The monoisotopic (exact) mass is 342 g/mol. The molecular formula is C13H19BrN4O2. The van der Waals surface area contributed by atoms with Crippen molar-refractivity contribution in [3.63, 3.8) is 0 Å². The third kappa shape index (κ3) is 2.49. The molecule has 2 N–H and O–H groups in total. The van der Waals surface area contributed by atoms with Gasteiger partial charge in [0.05, 0.1) is 25.0 Å². The first kappa shape index (κ1) is 14.0. The zero-order valence-corrected chi connectivity index (χ0v) is 12.8. The number of fused-ring (bicyclic) bond motifs is 1. The summed E-state index contributed by atoms with van der Waals surface area (Å²) in [6.45, 7) is 3.13. The molecule has 6 nitrogen and oxygen atoms in total. The first-order valence-corrected chi connectivity index (χ1v) is 7.85. The molecule has 110 valence electrons. The molecule has 3 heterocycles. The number of aliphatic hydroxyl groups is 1. The van der Waals surface area contributed by atoms with Crippen LogP contribution in [0.1, 0.15) is 12.8 Å². The van der Waals surface area contributed by atoms with Crippen LogP contribution in [0, 0.1) is 5.92 Å². The van der Waals surface area contributed by atoms with E-state index >= 15 is 0 Å². The van der Waals surface area contributed by atoms with E-state index in [9.17, 15) is 4.79 Å². The molecule has 0 radical (unpaired) electrons.